The van der Waals surface area contributed by atoms with Crippen LogP contribution in [0.25, 0.3) is 0 Å². The van der Waals surface area contributed by atoms with Crippen LogP contribution in [0.2, 0.25) is 0 Å². The molecule has 14 heavy (non-hydrogen) atoms. The first kappa shape index (κ1) is 14.0. The summed E-state index contributed by atoms with van der Waals surface area (Å²) in [7, 11) is 0. The molecular weight excluding hydrogens is 172 g/mol. The van der Waals surface area contributed by atoms with Gasteiger partial charge in [-0.05, 0) is 38.0 Å². The molecule has 0 aromatic carbocycles. The molecule has 1 nitrogen and oxygen atoms in total. The molecule has 1 heterocycles. The fourth-order valence-electron chi connectivity index (χ4n) is 2.11. The Kier molecular flexibility index (Phi) is 5.73. The zero-order chi connectivity index (χ0) is 11.4. The summed E-state index contributed by atoms with van der Waals surface area (Å²) >= 11 is 0. The molecule has 0 aliphatic carbocycles. The lowest BCUT2D eigenvalue weighted by Gasteiger charge is -2.39. The van der Waals surface area contributed by atoms with E-state index in [0.717, 1.165) is 5.92 Å². The molecule has 0 aromatic rings. The third-order valence-corrected chi connectivity index (χ3v) is 2.92. The van der Waals surface area contributed by atoms with E-state index < -0.39 is 0 Å². The topological polar surface area (TPSA) is 9.23 Å². The molecule has 0 amide bonds. The Labute approximate surface area is 90.2 Å². The third kappa shape index (κ3) is 4.45. The summed E-state index contributed by atoms with van der Waals surface area (Å²) in [5.74, 6) is 0.830. The van der Waals surface area contributed by atoms with Gasteiger partial charge < -0.3 is 4.74 Å². The van der Waals surface area contributed by atoms with Crippen LogP contribution in [0.15, 0.2) is 0 Å². The maximum Gasteiger partial charge on any atom is 0.0553 e. The van der Waals surface area contributed by atoms with Crippen LogP contribution < -0.4 is 0 Å². The Morgan fingerprint density at radius 1 is 0.929 bits per heavy atom. The average Bonchev–Trinajstić information content (AvgIpc) is 2.04. The van der Waals surface area contributed by atoms with Crippen molar-refractivity contribution >= 4 is 0 Å². The average molecular weight is 200 g/mol. The number of hydrogen-bond donors (Lipinski definition) is 0. The molecule has 2 atom stereocenters. The van der Waals surface area contributed by atoms with Gasteiger partial charge in [-0.15, -0.1) is 0 Å². The SMILES string of the molecule is CC.CC1CC(C(C)(C)C)CC(C)O1. The van der Waals surface area contributed by atoms with Crippen molar-refractivity contribution in [1.82, 2.24) is 0 Å². The molecule has 0 spiro atoms. The minimum Gasteiger partial charge on any atom is -0.376 e. The Balaban J connectivity index is 0.000000791. The lowest BCUT2D eigenvalue weighted by molar-refractivity contribution is -0.0734. The number of hydrogen-bond acceptors (Lipinski definition) is 1. The van der Waals surface area contributed by atoms with Gasteiger partial charge in [0.05, 0.1) is 12.2 Å². The van der Waals surface area contributed by atoms with E-state index in [1.807, 2.05) is 13.8 Å². The summed E-state index contributed by atoms with van der Waals surface area (Å²) in [6.07, 6.45) is 3.37. The van der Waals surface area contributed by atoms with Crippen LogP contribution in [0, 0.1) is 11.3 Å². The van der Waals surface area contributed by atoms with Gasteiger partial charge >= 0.3 is 0 Å². The zero-order valence-corrected chi connectivity index (χ0v) is 11.1. The maximum absolute atomic E-state index is 5.71. The number of rotatable bonds is 0. The summed E-state index contributed by atoms with van der Waals surface area (Å²) < 4.78 is 5.71. The molecule has 1 saturated heterocycles. The maximum atomic E-state index is 5.71. The molecule has 0 aromatic heterocycles. The highest BCUT2D eigenvalue weighted by Crippen LogP contribution is 2.37. The summed E-state index contributed by atoms with van der Waals surface area (Å²) in [4.78, 5) is 0. The van der Waals surface area contributed by atoms with E-state index in [-0.39, 0.29) is 0 Å². The zero-order valence-electron chi connectivity index (χ0n) is 11.1. The summed E-state index contributed by atoms with van der Waals surface area (Å²) in [5, 5.41) is 0. The van der Waals surface area contributed by atoms with Crippen molar-refractivity contribution in [2.75, 3.05) is 0 Å². The van der Waals surface area contributed by atoms with Crippen LogP contribution in [0.3, 0.4) is 0 Å². The van der Waals surface area contributed by atoms with E-state index in [1.165, 1.54) is 12.8 Å². The van der Waals surface area contributed by atoms with Gasteiger partial charge in [0, 0.05) is 0 Å². The highest BCUT2D eigenvalue weighted by atomic mass is 16.5. The molecule has 86 valence electrons. The van der Waals surface area contributed by atoms with Crippen molar-refractivity contribution in [1.29, 1.82) is 0 Å². The monoisotopic (exact) mass is 200 g/mol. The first-order valence-electron chi connectivity index (χ1n) is 6.05. The third-order valence-electron chi connectivity index (χ3n) is 2.92. The standard InChI is InChI=1S/C11H22O.C2H6/c1-8-6-10(11(3,4)5)7-9(2)12-8;1-2/h8-10H,6-7H2,1-5H3;1-2H3. The van der Waals surface area contributed by atoms with Gasteiger partial charge in [0.2, 0.25) is 0 Å². The van der Waals surface area contributed by atoms with Crippen molar-refractivity contribution in [2.45, 2.75) is 73.5 Å². The Morgan fingerprint density at radius 3 is 1.57 bits per heavy atom. The van der Waals surface area contributed by atoms with Crippen molar-refractivity contribution in [3.63, 3.8) is 0 Å². The predicted molar refractivity (Wildman–Crippen MR) is 63.5 cm³/mol. The second kappa shape index (κ2) is 5.75. The molecule has 1 fully saturated rings. The van der Waals surface area contributed by atoms with E-state index >= 15 is 0 Å². The first-order chi connectivity index (χ1) is 6.39. The molecule has 0 radical (unpaired) electrons. The van der Waals surface area contributed by atoms with Gasteiger partial charge in [0.15, 0.2) is 0 Å². The van der Waals surface area contributed by atoms with E-state index in [1.54, 1.807) is 0 Å². The highest BCUT2D eigenvalue weighted by molar-refractivity contribution is 4.81. The highest BCUT2D eigenvalue weighted by Gasteiger charge is 2.32. The quantitative estimate of drug-likeness (QED) is 0.567. The van der Waals surface area contributed by atoms with Gasteiger partial charge in [0.1, 0.15) is 0 Å². The van der Waals surface area contributed by atoms with Gasteiger partial charge in [0.25, 0.3) is 0 Å². The predicted octanol–water partition coefficient (Wildman–Crippen LogP) is 4.26. The van der Waals surface area contributed by atoms with Crippen LogP contribution in [-0.2, 0) is 4.74 Å². The molecule has 2 unspecified atom stereocenters. The van der Waals surface area contributed by atoms with Crippen molar-refractivity contribution in [2.24, 2.45) is 11.3 Å². The summed E-state index contributed by atoms with van der Waals surface area (Å²) in [5.41, 5.74) is 0.451. The van der Waals surface area contributed by atoms with Crippen molar-refractivity contribution in [3.05, 3.63) is 0 Å². The van der Waals surface area contributed by atoms with Crippen LogP contribution in [0.1, 0.15) is 61.3 Å². The van der Waals surface area contributed by atoms with Gasteiger partial charge in [-0.25, -0.2) is 0 Å². The van der Waals surface area contributed by atoms with Crippen LogP contribution in [-0.4, -0.2) is 12.2 Å². The van der Waals surface area contributed by atoms with E-state index in [2.05, 4.69) is 34.6 Å². The molecule has 1 heteroatoms. The smallest absolute Gasteiger partial charge is 0.0553 e. The fraction of sp³-hybridized carbons (Fsp3) is 1.00. The lowest BCUT2D eigenvalue weighted by atomic mass is 9.74. The van der Waals surface area contributed by atoms with Crippen LogP contribution >= 0.6 is 0 Å². The van der Waals surface area contributed by atoms with Crippen LogP contribution in [0.5, 0.6) is 0 Å². The largest absolute Gasteiger partial charge is 0.376 e. The minimum atomic E-state index is 0.451. The first-order valence-corrected chi connectivity index (χ1v) is 6.05. The number of ether oxygens (including phenoxy) is 1. The molecular formula is C13H28O. The molecule has 1 rings (SSSR count). The lowest BCUT2D eigenvalue weighted by Crippen LogP contribution is -2.35. The van der Waals surface area contributed by atoms with Crippen molar-refractivity contribution < 1.29 is 4.74 Å². The van der Waals surface area contributed by atoms with E-state index in [4.69, 9.17) is 4.74 Å². The van der Waals surface area contributed by atoms with E-state index in [9.17, 15) is 0 Å². The molecule has 1 aliphatic rings. The normalized spacial score (nSPS) is 33.2. The van der Waals surface area contributed by atoms with Gasteiger partial charge in [-0.1, -0.05) is 34.6 Å². The minimum absolute atomic E-state index is 0.451. The van der Waals surface area contributed by atoms with Gasteiger partial charge in [-0.2, -0.15) is 0 Å². The Hall–Kier alpha value is -0.0400. The molecule has 0 N–H and O–H groups in total. The molecule has 1 aliphatic heterocycles. The van der Waals surface area contributed by atoms with Gasteiger partial charge in [-0.3, -0.25) is 0 Å². The second-order valence-corrected chi connectivity index (χ2v) is 5.29. The van der Waals surface area contributed by atoms with E-state index in [0.29, 0.717) is 17.6 Å². The fourth-order valence-corrected chi connectivity index (χ4v) is 2.11. The Bertz CT molecular complexity index is 136. The Morgan fingerprint density at radius 2 is 1.29 bits per heavy atom. The summed E-state index contributed by atoms with van der Waals surface area (Å²) in [6, 6.07) is 0. The van der Waals surface area contributed by atoms with Crippen LogP contribution in [0.4, 0.5) is 0 Å². The molecule has 0 saturated carbocycles. The van der Waals surface area contributed by atoms with Crippen molar-refractivity contribution in [3.8, 4) is 0 Å². The summed E-state index contributed by atoms with van der Waals surface area (Å²) in [6.45, 7) is 15.4. The second-order valence-electron chi connectivity index (χ2n) is 5.29. The molecule has 0 bridgehead atoms.